The lowest BCUT2D eigenvalue weighted by Gasteiger charge is -2.31. The van der Waals surface area contributed by atoms with Crippen LogP contribution in [0.25, 0.3) is 0 Å². The predicted octanol–water partition coefficient (Wildman–Crippen LogP) is 2.37. The number of piperidine rings is 1. The molecule has 1 aromatic rings. The van der Waals surface area contributed by atoms with Gasteiger partial charge in [0.1, 0.15) is 5.82 Å². The summed E-state index contributed by atoms with van der Waals surface area (Å²) in [6.07, 6.45) is 1.65. The second kappa shape index (κ2) is 6.02. The number of nitrogens with one attached hydrogen (secondary N) is 1. The fraction of sp³-hybridized carbons (Fsp3) is 0.500. The number of hydrogen-bond donors (Lipinski definition) is 2. The molecule has 5 heteroatoms. The maximum absolute atomic E-state index is 13.1. The summed E-state index contributed by atoms with van der Waals surface area (Å²) >= 11 is 0. The van der Waals surface area contributed by atoms with Crippen LogP contribution in [0.15, 0.2) is 18.2 Å². The van der Waals surface area contributed by atoms with Crippen molar-refractivity contribution in [2.24, 2.45) is 5.92 Å². The molecule has 0 unspecified atom stereocenters. The number of aryl methyl sites for hydroxylation is 1. The standard InChI is InChI=1S/C14H19FN2O2/c1-10-8-12(2-3-13(10)15)16-14(19)17-6-4-11(9-18)5-7-17/h2-3,8,11,18H,4-7,9H2,1H3,(H,16,19). The van der Waals surface area contributed by atoms with Crippen LogP contribution in [0, 0.1) is 18.7 Å². The van der Waals surface area contributed by atoms with E-state index in [0.717, 1.165) is 12.8 Å². The molecule has 2 N–H and O–H groups in total. The van der Waals surface area contributed by atoms with E-state index < -0.39 is 0 Å². The number of hydrogen-bond acceptors (Lipinski definition) is 2. The smallest absolute Gasteiger partial charge is 0.321 e. The van der Waals surface area contributed by atoms with Crippen LogP contribution in [0.1, 0.15) is 18.4 Å². The second-order valence-corrected chi connectivity index (χ2v) is 5.01. The lowest BCUT2D eigenvalue weighted by atomic mass is 9.98. The molecule has 0 aromatic heterocycles. The topological polar surface area (TPSA) is 52.6 Å². The van der Waals surface area contributed by atoms with E-state index in [2.05, 4.69) is 5.32 Å². The molecule has 0 atom stereocenters. The van der Waals surface area contributed by atoms with E-state index >= 15 is 0 Å². The number of likely N-dealkylation sites (tertiary alicyclic amines) is 1. The highest BCUT2D eigenvalue weighted by molar-refractivity contribution is 5.89. The summed E-state index contributed by atoms with van der Waals surface area (Å²) in [4.78, 5) is 13.7. The second-order valence-electron chi connectivity index (χ2n) is 5.01. The van der Waals surface area contributed by atoms with Crippen LogP contribution in [0.5, 0.6) is 0 Å². The van der Waals surface area contributed by atoms with Gasteiger partial charge in [-0.2, -0.15) is 0 Å². The van der Waals surface area contributed by atoms with Gasteiger partial charge in [0, 0.05) is 25.4 Å². The molecule has 104 valence electrons. The van der Waals surface area contributed by atoms with Crippen molar-refractivity contribution in [2.45, 2.75) is 19.8 Å². The molecule has 4 nitrogen and oxygen atoms in total. The molecule has 0 spiro atoms. The first kappa shape index (κ1) is 13.8. The molecule has 1 saturated heterocycles. The minimum Gasteiger partial charge on any atom is -0.396 e. The summed E-state index contributed by atoms with van der Waals surface area (Å²) in [7, 11) is 0. The minimum atomic E-state index is -0.276. The first-order chi connectivity index (χ1) is 9.10. The van der Waals surface area contributed by atoms with Gasteiger partial charge in [0.2, 0.25) is 0 Å². The molecule has 1 aliphatic rings. The Bertz CT molecular complexity index is 457. The van der Waals surface area contributed by atoms with Crippen LogP contribution in [0.4, 0.5) is 14.9 Å². The zero-order valence-electron chi connectivity index (χ0n) is 11.0. The highest BCUT2D eigenvalue weighted by Gasteiger charge is 2.22. The molecule has 2 rings (SSSR count). The zero-order valence-corrected chi connectivity index (χ0v) is 11.0. The van der Waals surface area contributed by atoms with Crippen LogP contribution in [0.2, 0.25) is 0 Å². The van der Waals surface area contributed by atoms with Crippen molar-refractivity contribution in [3.63, 3.8) is 0 Å². The van der Waals surface area contributed by atoms with E-state index in [1.165, 1.54) is 6.07 Å². The Morgan fingerprint density at radius 1 is 1.47 bits per heavy atom. The van der Waals surface area contributed by atoms with Crippen LogP contribution < -0.4 is 5.32 Å². The highest BCUT2D eigenvalue weighted by Crippen LogP contribution is 2.18. The maximum atomic E-state index is 13.1. The highest BCUT2D eigenvalue weighted by atomic mass is 19.1. The average molecular weight is 266 g/mol. The largest absolute Gasteiger partial charge is 0.396 e. The lowest BCUT2D eigenvalue weighted by Crippen LogP contribution is -2.41. The van der Waals surface area contributed by atoms with E-state index in [9.17, 15) is 9.18 Å². The Kier molecular flexibility index (Phi) is 4.37. The van der Waals surface area contributed by atoms with Crippen molar-refractivity contribution in [1.29, 1.82) is 0 Å². The fourth-order valence-corrected chi connectivity index (χ4v) is 2.24. The van der Waals surface area contributed by atoms with E-state index in [0.29, 0.717) is 30.3 Å². The van der Waals surface area contributed by atoms with Gasteiger partial charge in [-0.25, -0.2) is 9.18 Å². The third-order valence-electron chi connectivity index (χ3n) is 3.57. The molecule has 1 aromatic carbocycles. The molecule has 1 heterocycles. The van der Waals surface area contributed by atoms with Gasteiger partial charge in [0.25, 0.3) is 0 Å². The van der Waals surface area contributed by atoms with Gasteiger partial charge >= 0.3 is 6.03 Å². The van der Waals surface area contributed by atoms with Gasteiger partial charge in [-0.15, -0.1) is 0 Å². The Morgan fingerprint density at radius 2 is 2.16 bits per heavy atom. The van der Waals surface area contributed by atoms with Crippen LogP contribution >= 0.6 is 0 Å². The van der Waals surface area contributed by atoms with Gasteiger partial charge < -0.3 is 15.3 Å². The molecule has 0 aliphatic carbocycles. The van der Waals surface area contributed by atoms with Gasteiger partial charge in [-0.05, 0) is 49.4 Å². The normalized spacial score (nSPS) is 16.5. The summed E-state index contributed by atoms with van der Waals surface area (Å²) in [6.45, 7) is 3.15. The molecule has 1 aliphatic heterocycles. The number of nitrogens with zero attached hydrogens (tertiary/aromatic N) is 1. The summed E-state index contributed by atoms with van der Waals surface area (Å²) in [5.74, 6) is 0.0267. The number of carbonyl (C=O) groups is 1. The fourth-order valence-electron chi connectivity index (χ4n) is 2.24. The van der Waals surface area contributed by atoms with Crippen molar-refractivity contribution < 1.29 is 14.3 Å². The van der Waals surface area contributed by atoms with Crippen molar-refractivity contribution in [3.05, 3.63) is 29.6 Å². The lowest BCUT2D eigenvalue weighted by molar-refractivity contribution is 0.143. The zero-order chi connectivity index (χ0) is 13.8. The summed E-state index contributed by atoms with van der Waals surface area (Å²) < 4.78 is 13.1. The van der Waals surface area contributed by atoms with Crippen LogP contribution in [-0.2, 0) is 0 Å². The Labute approximate surface area is 112 Å². The third-order valence-corrected chi connectivity index (χ3v) is 3.57. The number of urea groups is 1. The van der Waals surface area contributed by atoms with Crippen LogP contribution in [-0.4, -0.2) is 35.7 Å². The van der Waals surface area contributed by atoms with Gasteiger partial charge in [0.05, 0.1) is 0 Å². The average Bonchev–Trinajstić information content (AvgIpc) is 2.43. The summed E-state index contributed by atoms with van der Waals surface area (Å²) in [6, 6.07) is 4.36. The number of carbonyl (C=O) groups excluding carboxylic acids is 1. The van der Waals surface area contributed by atoms with Crippen LogP contribution in [0.3, 0.4) is 0 Å². The molecule has 2 amide bonds. The SMILES string of the molecule is Cc1cc(NC(=O)N2CCC(CO)CC2)ccc1F. The molecular weight excluding hydrogens is 247 g/mol. The number of amides is 2. The number of rotatable bonds is 2. The molecule has 0 saturated carbocycles. The monoisotopic (exact) mass is 266 g/mol. The number of benzene rings is 1. The van der Waals surface area contributed by atoms with Gasteiger partial charge in [-0.3, -0.25) is 0 Å². The molecular formula is C14H19FN2O2. The number of aliphatic hydroxyl groups excluding tert-OH is 1. The van der Waals surface area contributed by atoms with Gasteiger partial charge in [0.15, 0.2) is 0 Å². The first-order valence-electron chi connectivity index (χ1n) is 6.53. The number of halogens is 1. The Balaban J connectivity index is 1.92. The summed E-state index contributed by atoms with van der Waals surface area (Å²) in [5, 5.41) is 11.8. The minimum absolute atomic E-state index is 0.164. The Hall–Kier alpha value is -1.62. The van der Waals surface area contributed by atoms with Crippen molar-refractivity contribution >= 4 is 11.7 Å². The van der Waals surface area contributed by atoms with E-state index in [-0.39, 0.29) is 18.5 Å². The maximum Gasteiger partial charge on any atom is 0.321 e. The van der Waals surface area contributed by atoms with Crippen molar-refractivity contribution in [1.82, 2.24) is 4.90 Å². The number of anilines is 1. The Morgan fingerprint density at radius 3 is 2.74 bits per heavy atom. The molecule has 1 fully saturated rings. The quantitative estimate of drug-likeness (QED) is 0.863. The first-order valence-corrected chi connectivity index (χ1v) is 6.53. The third kappa shape index (κ3) is 3.44. The van der Waals surface area contributed by atoms with Gasteiger partial charge in [-0.1, -0.05) is 0 Å². The number of aliphatic hydroxyl groups is 1. The van der Waals surface area contributed by atoms with E-state index in [4.69, 9.17) is 5.11 Å². The molecule has 0 radical (unpaired) electrons. The van der Waals surface area contributed by atoms with Crippen molar-refractivity contribution in [2.75, 3.05) is 25.0 Å². The predicted molar refractivity (Wildman–Crippen MR) is 71.5 cm³/mol. The summed E-state index contributed by atoms with van der Waals surface area (Å²) in [5.41, 5.74) is 1.12. The van der Waals surface area contributed by atoms with Crippen molar-refractivity contribution in [3.8, 4) is 0 Å². The van der Waals surface area contributed by atoms with E-state index in [1.54, 1.807) is 24.0 Å². The molecule has 0 bridgehead atoms. The molecule has 19 heavy (non-hydrogen) atoms. The van der Waals surface area contributed by atoms with E-state index in [1.807, 2.05) is 0 Å².